The van der Waals surface area contributed by atoms with Gasteiger partial charge in [-0.2, -0.15) is 0 Å². The molecule has 0 spiro atoms. The largest absolute Gasteiger partial charge is 0.493 e. The molecule has 6 heteroatoms. The van der Waals surface area contributed by atoms with Crippen molar-refractivity contribution in [2.45, 2.75) is 65.2 Å². The van der Waals surface area contributed by atoms with Crippen molar-refractivity contribution in [3.63, 3.8) is 0 Å². The Labute approximate surface area is 209 Å². The predicted molar refractivity (Wildman–Crippen MR) is 141 cm³/mol. The average molecular weight is 482 g/mol. The molecule has 0 radical (unpaired) electrons. The van der Waals surface area contributed by atoms with Crippen LogP contribution in [0.2, 0.25) is 0 Å². The van der Waals surface area contributed by atoms with Crippen LogP contribution in [0, 0.1) is 0 Å². The molecule has 0 saturated heterocycles. The first-order valence-electron chi connectivity index (χ1n) is 12.6. The third kappa shape index (κ3) is 10.7. The quantitative estimate of drug-likeness (QED) is 0.158. The van der Waals surface area contributed by atoms with Gasteiger partial charge in [0.1, 0.15) is 0 Å². The van der Waals surface area contributed by atoms with Gasteiger partial charge in [0, 0.05) is 11.8 Å². The Bertz CT molecular complexity index is 937. The van der Waals surface area contributed by atoms with Gasteiger partial charge in [0.2, 0.25) is 5.91 Å². The molecular formula is C29H39NO5. The third-order valence-corrected chi connectivity index (χ3v) is 5.49. The van der Waals surface area contributed by atoms with Gasteiger partial charge in [-0.05, 0) is 60.9 Å². The van der Waals surface area contributed by atoms with Crippen molar-refractivity contribution in [1.29, 1.82) is 0 Å². The Morgan fingerprint density at radius 1 is 0.829 bits per heavy atom. The minimum absolute atomic E-state index is 0.272. The second-order valence-electron chi connectivity index (χ2n) is 8.42. The molecule has 0 aliphatic heterocycles. The van der Waals surface area contributed by atoms with Crippen LogP contribution in [0.4, 0.5) is 5.69 Å². The van der Waals surface area contributed by atoms with E-state index in [4.69, 9.17) is 14.2 Å². The van der Waals surface area contributed by atoms with Crippen LogP contribution in [-0.4, -0.2) is 32.2 Å². The molecule has 0 aliphatic carbocycles. The highest BCUT2D eigenvalue weighted by Gasteiger charge is 2.08. The van der Waals surface area contributed by atoms with E-state index in [1.807, 2.05) is 18.2 Å². The van der Waals surface area contributed by atoms with Crippen molar-refractivity contribution >= 4 is 23.6 Å². The van der Waals surface area contributed by atoms with E-state index in [9.17, 15) is 9.59 Å². The second kappa shape index (κ2) is 16.4. The number of esters is 1. The van der Waals surface area contributed by atoms with Crippen molar-refractivity contribution in [2.75, 3.05) is 25.6 Å². The fraction of sp³-hybridized carbons (Fsp3) is 0.448. The Balaban J connectivity index is 1.84. The van der Waals surface area contributed by atoms with Gasteiger partial charge in [-0.25, -0.2) is 4.79 Å². The lowest BCUT2D eigenvalue weighted by molar-refractivity contribution is -0.111. The van der Waals surface area contributed by atoms with E-state index >= 15 is 0 Å². The van der Waals surface area contributed by atoms with E-state index < -0.39 is 0 Å². The van der Waals surface area contributed by atoms with Crippen molar-refractivity contribution < 1.29 is 23.8 Å². The van der Waals surface area contributed by atoms with Crippen LogP contribution in [0.15, 0.2) is 48.5 Å². The maximum atomic E-state index is 12.3. The van der Waals surface area contributed by atoms with Crippen molar-refractivity contribution in [1.82, 2.24) is 0 Å². The number of anilines is 1. The molecule has 35 heavy (non-hydrogen) atoms. The van der Waals surface area contributed by atoms with Gasteiger partial charge < -0.3 is 19.5 Å². The fourth-order valence-electron chi connectivity index (χ4n) is 3.44. The van der Waals surface area contributed by atoms with Crippen LogP contribution in [0.25, 0.3) is 6.08 Å². The number of hydrogen-bond acceptors (Lipinski definition) is 5. The average Bonchev–Trinajstić information content (AvgIpc) is 2.88. The first-order chi connectivity index (χ1) is 17.1. The molecule has 6 nitrogen and oxygen atoms in total. The summed E-state index contributed by atoms with van der Waals surface area (Å²) in [5.74, 6) is 0.717. The highest BCUT2D eigenvalue weighted by molar-refractivity contribution is 6.02. The first-order valence-corrected chi connectivity index (χ1v) is 12.6. The van der Waals surface area contributed by atoms with E-state index in [0.29, 0.717) is 36.0 Å². The topological polar surface area (TPSA) is 73.9 Å². The summed E-state index contributed by atoms with van der Waals surface area (Å²) in [5, 5.41) is 2.80. The maximum absolute atomic E-state index is 12.3. The van der Waals surface area contributed by atoms with Crippen LogP contribution >= 0.6 is 0 Å². The van der Waals surface area contributed by atoms with Gasteiger partial charge in [0.05, 0.1) is 25.9 Å². The lowest BCUT2D eigenvalue weighted by Gasteiger charge is -2.11. The molecule has 0 bridgehead atoms. The molecule has 0 heterocycles. The molecule has 2 aromatic carbocycles. The van der Waals surface area contributed by atoms with E-state index in [0.717, 1.165) is 44.1 Å². The molecule has 0 unspecified atom stereocenters. The molecule has 190 valence electrons. The number of hydrogen-bond donors (Lipinski definition) is 1. The van der Waals surface area contributed by atoms with E-state index in [1.165, 1.54) is 18.9 Å². The summed E-state index contributed by atoms with van der Waals surface area (Å²) in [7, 11) is 1.60. The number of ether oxygens (including phenoxy) is 3. The zero-order valence-corrected chi connectivity index (χ0v) is 21.3. The second-order valence-corrected chi connectivity index (χ2v) is 8.42. The number of nitrogens with one attached hydrogen (secondary N) is 1. The summed E-state index contributed by atoms with van der Waals surface area (Å²) in [6.45, 7) is 5.41. The number of rotatable bonds is 16. The molecule has 2 rings (SSSR count). The Morgan fingerprint density at radius 3 is 2.17 bits per heavy atom. The minimum Gasteiger partial charge on any atom is -0.493 e. The summed E-state index contributed by atoms with van der Waals surface area (Å²) >= 11 is 0. The summed E-state index contributed by atoms with van der Waals surface area (Å²) in [6.07, 6.45) is 12.0. The standard InChI is InChI=1S/C29H39NO5/c1-4-6-8-10-20-34-26-18-12-23(22-27(26)33-3)13-19-28(31)30-25-16-14-24(15-17-25)29(32)35-21-11-9-7-5-2/h12-19,22H,4-11,20-21H2,1-3H3,(H,30,31)/b19-13+. The van der Waals surface area contributed by atoms with Gasteiger partial charge in [0.15, 0.2) is 11.5 Å². The van der Waals surface area contributed by atoms with Gasteiger partial charge in [-0.1, -0.05) is 58.4 Å². The lowest BCUT2D eigenvalue weighted by Crippen LogP contribution is -2.09. The lowest BCUT2D eigenvalue weighted by atomic mass is 10.1. The minimum atomic E-state index is -0.346. The zero-order valence-electron chi connectivity index (χ0n) is 21.3. The van der Waals surface area contributed by atoms with Crippen LogP contribution in [0.1, 0.15) is 81.1 Å². The molecule has 0 aromatic heterocycles. The molecule has 0 fully saturated rings. The fourth-order valence-corrected chi connectivity index (χ4v) is 3.44. The number of benzene rings is 2. The smallest absolute Gasteiger partial charge is 0.338 e. The number of methoxy groups -OCH3 is 1. The Hall–Kier alpha value is -3.28. The van der Waals surface area contributed by atoms with Crippen molar-refractivity contribution in [2.24, 2.45) is 0 Å². The summed E-state index contributed by atoms with van der Waals surface area (Å²) in [6, 6.07) is 12.3. The van der Waals surface area contributed by atoms with Gasteiger partial charge in [0.25, 0.3) is 0 Å². The van der Waals surface area contributed by atoms with Gasteiger partial charge >= 0.3 is 5.97 Å². The molecule has 1 amide bonds. The predicted octanol–water partition coefficient (Wildman–Crippen LogP) is 7.04. The normalized spacial score (nSPS) is 10.8. The molecule has 0 saturated carbocycles. The SMILES string of the molecule is CCCCCCOC(=O)c1ccc(NC(=O)/C=C/c2ccc(OCCCCCC)c(OC)c2)cc1. The van der Waals surface area contributed by atoms with Crippen LogP contribution in [0.3, 0.4) is 0 Å². The number of carbonyl (C=O) groups is 2. The van der Waals surface area contributed by atoms with E-state index in [-0.39, 0.29) is 11.9 Å². The summed E-state index contributed by atoms with van der Waals surface area (Å²) in [4.78, 5) is 24.4. The molecule has 0 aliphatic rings. The number of amides is 1. The first kappa shape index (κ1) is 28.0. The maximum Gasteiger partial charge on any atom is 0.338 e. The molecule has 2 aromatic rings. The van der Waals surface area contributed by atoms with Crippen LogP contribution < -0.4 is 14.8 Å². The highest BCUT2D eigenvalue weighted by atomic mass is 16.5. The van der Waals surface area contributed by atoms with Gasteiger partial charge in [-0.3, -0.25) is 4.79 Å². The monoisotopic (exact) mass is 481 g/mol. The molecule has 0 atom stereocenters. The van der Waals surface area contributed by atoms with E-state index in [1.54, 1.807) is 37.5 Å². The summed E-state index contributed by atoms with van der Waals surface area (Å²) < 4.78 is 16.6. The van der Waals surface area contributed by atoms with Crippen LogP contribution in [-0.2, 0) is 9.53 Å². The van der Waals surface area contributed by atoms with E-state index in [2.05, 4.69) is 19.2 Å². The third-order valence-electron chi connectivity index (χ3n) is 5.49. The summed E-state index contributed by atoms with van der Waals surface area (Å²) in [5.41, 5.74) is 1.89. The molecule has 1 N–H and O–H groups in total. The highest BCUT2D eigenvalue weighted by Crippen LogP contribution is 2.29. The zero-order chi connectivity index (χ0) is 25.3. The van der Waals surface area contributed by atoms with Crippen molar-refractivity contribution in [3.05, 3.63) is 59.7 Å². The number of carbonyl (C=O) groups excluding carboxylic acids is 2. The number of unbranched alkanes of at least 4 members (excludes halogenated alkanes) is 6. The Morgan fingerprint density at radius 2 is 1.51 bits per heavy atom. The molecular weight excluding hydrogens is 442 g/mol. The Kier molecular flexibility index (Phi) is 13.1. The van der Waals surface area contributed by atoms with Crippen LogP contribution in [0.5, 0.6) is 11.5 Å². The van der Waals surface area contributed by atoms with Crippen molar-refractivity contribution in [3.8, 4) is 11.5 Å². The van der Waals surface area contributed by atoms with Gasteiger partial charge in [-0.15, -0.1) is 0 Å².